The Kier molecular flexibility index (Phi) is 5.72. The van der Waals surface area contributed by atoms with Crippen LogP contribution < -0.4 is 10.6 Å². The number of anilines is 2. The molecular weight excluding hydrogens is 390 g/mol. The molecule has 0 fully saturated rings. The average Bonchev–Trinajstić information content (AvgIpc) is 2.56. The van der Waals surface area contributed by atoms with Crippen molar-refractivity contribution in [3.05, 3.63) is 58.7 Å². The van der Waals surface area contributed by atoms with Gasteiger partial charge in [-0.3, -0.25) is 9.59 Å². The molecule has 0 heterocycles. The molecule has 0 aliphatic heterocycles. The second kappa shape index (κ2) is 7.53. The summed E-state index contributed by atoms with van der Waals surface area (Å²) in [6, 6.07) is 5.29. The average molecular weight is 404 g/mol. The van der Waals surface area contributed by atoms with E-state index in [4.69, 9.17) is 0 Å². The quantitative estimate of drug-likeness (QED) is 0.552. The number of carbonyl (C=O) groups excluding carboxylic acids is 2. The lowest BCUT2D eigenvalue weighted by Crippen LogP contribution is -2.29. The zero-order valence-electron chi connectivity index (χ0n) is 14.5. The molecule has 0 bridgehead atoms. The minimum Gasteiger partial charge on any atom is -0.318 e. The van der Waals surface area contributed by atoms with Gasteiger partial charge >= 0.3 is 24.2 Å². The Morgan fingerprint density at radius 2 is 1.14 bits per heavy atom. The Balaban J connectivity index is 2.24. The lowest BCUT2D eigenvalue weighted by atomic mass is 10.1. The third-order valence-electron chi connectivity index (χ3n) is 3.82. The summed E-state index contributed by atoms with van der Waals surface area (Å²) >= 11 is 0. The maximum Gasteiger partial charge on any atom is 0.416 e. The van der Waals surface area contributed by atoms with Crippen molar-refractivity contribution in [2.24, 2.45) is 0 Å². The molecule has 0 saturated heterocycles. The van der Waals surface area contributed by atoms with Crippen LogP contribution in [0, 0.1) is 13.8 Å². The van der Waals surface area contributed by atoms with Crippen LogP contribution in [0.1, 0.15) is 22.3 Å². The van der Waals surface area contributed by atoms with Crippen LogP contribution in [0.25, 0.3) is 0 Å². The highest BCUT2D eigenvalue weighted by atomic mass is 19.4. The summed E-state index contributed by atoms with van der Waals surface area (Å²) in [5.74, 6) is -2.65. The van der Waals surface area contributed by atoms with Crippen molar-refractivity contribution in [1.29, 1.82) is 0 Å². The second-order valence-electron chi connectivity index (χ2n) is 6.00. The largest absolute Gasteiger partial charge is 0.416 e. The van der Waals surface area contributed by atoms with Crippen molar-refractivity contribution in [1.82, 2.24) is 0 Å². The molecule has 2 aromatic carbocycles. The van der Waals surface area contributed by atoms with E-state index in [1.807, 2.05) is 6.92 Å². The van der Waals surface area contributed by atoms with Gasteiger partial charge in [0.15, 0.2) is 0 Å². The molecule has 0 unspecified atom stereocenters. The topological polar surface area (TPSA) is 58.2 Å². The van der Waals surface area contributed by atoms with E-state index >= 15 is 0 Å². The second-order valence-corrected chi connectivity index (χ2v) is 6.00. The smallest absolute Gasteiger partial charge is 0.318 e. The van der Waals surface area contributed by atoms with E-state index in [-0.39, 0.29) is 11.8 Å². The van der Waals surface area contributed by atoms with E-state index < -0.39 is 41.0 Å². The minimum atomic E-state index is -5.07. The molecule has 0 aromatic heterocycles. The van der Waals surface area contributed by atoms with Gasteiger partial charge in [0.2, 0.25) is 0 Å². The molecule has 0 radical (unpaired) electrons. The molecule has 10 heteroatoms. The third kappa shape index (κ3) is 5.24. The summed E-state index contributed by atoms with van der Waals surface area (Å²) in [4.78, 5) is 23.8. The molecular formula is C18H14F6N2O2. The number of halogens is 6. The maximum absolute atomic E-state index is 12.8. The molecule has 2 aromatic rings. The van der Waals surface area contributed by atoms with Gasteiger partial charge in [-0.25, -0.2) is 0 Å². The Bertz CT molecular complexity index is 887. The normalized spacial score (nSPS) is 11.9. The number of nitrogens with one attached hydrogen (secondary N) is 2. The fourth-order valence-electron chi connectivity index (χ4n) is 2.22. The summed E-state index contributed by atoms with van der Waals surface area (Å²) in [6.45, 7) is 3.58. The number of amides is 2. The minimum absolute atomic E-state index is 0.0786. The van der Waals surface area contributed by atoms with Crippen molar-refractivity contribution >= 4 is 23.2 Å². The molecule has 0 aliphatic rings. The standard InChI is InChI=1S/C18H14F6N2O2/c1-9-3-4-13(5-10(9)2)25-15(27)16(28)26-14-7-11(17(19,20)21)6-12(8-14)18(22,23)24/h3-8H,1-2H3,(H,25,27)(H,26,28). The fourth-order valence-corrected chi connectivity index (χ4v) is 2.22. The van der Waals surface area contributed by atoms with Gasteiger partial charge in [-0.15, -0.1) is 0 Å². The lowest BCUT2D eigenvalue weighted by molar-refractivity contribution is -0.143. The van der Waals surface area contributed by atoms with Crippen LogP contribution in [-0.2, 0) is 21.9 Å². The number of aryl methyl sites for hydroxylation is 2. The molecule has 0 spiro atoms. The van der Waals surface area contributed by atoms with E-state index in [0.717, 1.165) is 11.1 Å². The number of benzene rings is 2. The highest BCUT2D eigenvalue weighted by Crippen LogP contribution is 2.37. The number of hydrogen-bond acceptors (Lipinski definition) is 2. The molecule has 0 saturated carbocycles. The van der Waals surface area contributed by atoms with Gasteiger partial charge in [0.1, 0.15) is 0 Å². The monoisotopic (exact) mass is 404 g/mol. The molecule has 0 aliphatic carbocycles. The molecule has 2 N–H and O–H groups in total. The van der Waals surface area contributed by atoms with Crippen molar-refractivity contribution in [3.8, 4) is 0 Å². The number of alkyl halides is 6. The lowest BCUT2D eigenvalue weighted by Gasteiger charge is -2.14. The summed E-state index contributed by atoms with van der Waals surface area (Å²) in [7, 11) is 0. The highest BCUT2D eigenvalue weighted by molar-refractivity contribution is 6.43. The van der Waals surface area contributed by atoms with Gasteiger partial charge in [-0.05, 0) is 55.3 Å². The molecule has 2 rings (SSSR count). The van der Waals surface area contributed by atoms with Gasteiger partial charge in [-0.2, -0.15) is 26.3 Å². The Morgan fingerprint density at radius 1 is 0.679 bits per heavy atom. The van der Waals surface area contributed by atoms with Gasteiger partial charge in [0.25, 0.3) is 0 Å². The van der Waals surface area contributed by atoms with Crippen LogP contribution in [0.4, 0.5) is 37.7 Å². The summed E-state index contributed by atoms with van der Waals surface area (Å²) in [5, 5.41) is 3.99. The van der Waals surface area contributed by atoms with Crippen LogP contribution in [0.3, 0.4) is 0 Å². The first-order valence-electron chi connectivity index (χ1n) is 7.76. The van der Waals surface area contributed by atoms with Crippen molar-refractivity contribution < 1.29 is 35.9 Å². The fraction of sp³-hybridized carbons (Fsp3) is 0.222. The van der Waals surface area contributed by atoms with E-state index in [0.29, 0.717) is 12.1 Å². The molecule has 0 atom stereocenters. The Labute approximate surface area is 155 Å². The number of carbonyl (C=O) groups is 2. The van der Waals surface area contributed by atoms with Gasteiger partial charge in [0.05, 0.1) is 11.1 Å². The summed E-state index contributed by atoms with van der Waals surface area (Å²) in [6.07, 6.45) is -10.1. The van der Waals surface area contributed by atoms with Crippen LogP contribution in [0.5, 0.6) is 0 Å². The first-order chi connectivity index (χ1) is 12.8. The highest BCUT2D eigenvalue weighted by Gasteiger charge is 2.37. The molecule has 28 heavy (non-hydrogen) atoms. The first kappa shape index (κ1) is 21.3. The van der Waals surface area contributed by atoms with Gasteiger partial charge in [-0.1, -0.05) is 6.07 Å². The van der Waals surface area contributed by atoms with Crippen molar-refractivity contribution in [2.75, 3.05) is 10.6 Å². The molecule has 2 amide bonds. The van der Waals surface area contributed by atoms with Gasteiger partial charge < -0.3 is 10.6 Å². The molecule has 4 nitrogen and oxygen atoms in total. The first-order valence-corrected chi connectivity index (χ1v) is 7.76. The zero-order valence-corrected chi connectivity index (χ0v) is 14.5. The van der Waals surface area contributed by atoms with E-state index in [1.165, 1.54) is 6.07 Å². The molecule has 150 valence electrons. The van der Waals surface area contributed by atoms with E-state index in [9.17, 15) is 35.9 Å². The van der Waals surface area contributed by atoms with Crippen LogP contribution in [-0.4, -0.2) is 11.8 Å². The van der Waals surface area contributed by atoms with Gasteiger partial charge in [0, 0.05) is 11.4 Å². The maximum atomic E-state index is 12.8. The van der Waals surface area contributed by atoms with E-state index in [2.05, 4.69) is 5.32 Å². The van der Waals surface area contributed by atoms with Crippen molar-refractivity contribution in [2.45, 2.75) is 26.2 Å². The summed E-state index contributed by atoms with van der Waals surface area (Å²) in [5.41, 5.74) is -2.03. The van der Waals surface area contributed by atoms with E-state index in [1.54, 1.807) is 24.4 Å². The SMILES string of the molecule is Cc1ccc(NC(=O)C(=O)Nc2cc(C(F)(F)F)cc(C(F)(F)F)c2)cc1C. The van der Waals surface area contributed by atoms with Crippen LogP contribution in [0.15, 0.2) is 36.4 Å². The number of hydrogen-bond donors (Lipinski definition) is 2. The third-order valence-corrected chi connectivity index (χ3v) is 3.82. The van der Waals surface area contributed by atoms with Crippen LogP contribution in [0.2, 0.25) is 0 Å². The number of rotatable bonds is 2. The Morgan fingerprint density at radius 3 is 1.57 bits per heavy atom. The van der Waals surface area contributed by atoms with Crippen LogP contribution >= 0.6 is 0 Å². The van der Waals surface area contributed by atoms with Crippen molar-refractivity contribution in [3.63, 3.8) is 0 Å². The summed E-state index contributed by atoms with van der Waals surface area (Å²) < 4.78 is 77.0. The Hall–Kier alpha value is -3.04. The predicted molar refractivity (Wildman–Crippen MR) is 89.6 cm³/mol. The predicted octanol–water partition coefficient (Wildman–Crippen LogP) is 4.92. The zero-order chi connectivity index (χ0) is 21.3.